The number of phenolic OH excluding ortho intramolecular Hbond substituents is 1. The zero-order chi connectivity index (χ0) is 34.7. The van der Waals surface area contributed by atoms with E-state index in [2.05, 4.69) is 35.3 Å². The average molecular weight is 657 g/mol. The van der Waals surface area contributed by atoms with Gasteiger partial charge in [-0.2, -0.15) is 0 Å². The average Bonchev–Trinajstić information content (AvgIpc) is 3.40. The second kappa shape index (κ2) is 14.4. The van der Waals surface area contributed by atoms with Crippen LogP contribution in [0.3, 0.4) is 0 Å². The molecule has 2 heterocycles. The van der Waals surface area contributed by atoms with Gasteiger partial charge < -0.3 is 25.1 Å². The fourth-order valence-corrected chi connectivity index (χ4v) is 7.01. The van der Waals surface area contributed by atoms with Gasteiger partial charge in [-0.3, -0.25) is 14.4 Å². The van der Waals surface area contributed by atoms with Gasteiger partial charge in [0.2, 0.25) is 5.91 Å². The molecule has 1 unspecified atom stereocenters. The van der Waals surface area contributed by atoms with E-state index in [0.717, 1.165) is 28.8 Å². The molecule has 4 aromatic carbocycles. The number of carbonyl (C=O) groups is 3. The van der Waals surface area contributed by atoms with E-state index in [4.69, 9.17) is 0 Å². The van der Waals surface area contributed by atoms with Gasteiger partial charge in [0.05, 0.1) is 12.5 Å². The molecule has 0 aromatic heterocycles. The van der Waals surface area contributed by atoms with Crippen LogP contribution >= 0.6 is 0 Å². The fourth-order valence-electron chi connectivity index (χ4n) is 7.01. The number of allylic oxidation sites excluding steroid dienone is 1. The number of nitrogens with one attached hydrogen (secondary N) is 1. The van der Waals surface area contributed by atoms with Crippen LogP contribution in [0.2, 0.25) is 0 Å². The molecule has 0 bridgehead atoms. The number of aromatic hydroxyl groups is 1. The summed E-state index contributed by atoms with van der Waals surface area (Å²) in [7, 11) is 3.71. The van der Waals surface area contributed by atoms with E-state index >= 15 is 0 Å². The molecule has 2 atom stereocenters. The number of hydrogen-bond donors (Lipinski definition) is 2. The Morgan fingerprint density at radius 1 is 0.878 bits per heavy atom. The molecule has 0 radical (unpaired) electrons. The van der Waals surface area contributed by atoms with E-state index in [1.54, 1.807) is 36.2 Å². The van der Waals surface area contributed by atoms with Crippen molar-refractivity contribution in [2.45, 2.75) is 58.2 Å². The van der Waals surface area contributed by atoms with Crippen LogP contribution in [-0.4, -0.2) is 59.3 Å². The van der Waals surface area contributed by atoms with E-state index in [9.17, 15) is 19.5 Å². The molecular weight excluding hydrogens is 612 g/mol. The Labute approximate surface area is 288 Å². The minimum atomic E-state index is -0.230. The van der Waals surface area contributed by atoms with Crippen LogP contribution in [0, 0.1) is 0 Å². The van der Waals surface area contributed by atoms with Crippen molar-refractivity contribution in [3.8, 4) is 5.75 Å². The van der Waals surface area contributed by atoms with E-state index in [0.29, 0.717) is 49.2 Å². The fraction of sp³-hybridized carbons (Fsp3) is 0.293. The first-order valence-electron chi connectivity index (χ1n) is 16.9. The Morgan fingerprint density at radius 2 is 1.57 bits per heavy atom. The molecule has 0 aliphatic carbocycles. The number of fused-ring (bicyclic) bond motifs is 1. The molecule has 2 N–H and O–H groups in total. The molecule has 8 nitrogen and oxygen atoms in total. The van der Waals surface area contributed by atoms with Gasteiger partial charge in [0, 0.05) is 62.2 Å². The van der Waals surface area contributed by atoms with Gasteiger partial charge in [-0.1, -0.05) is 66.7 Å². The number of anilines is 1. The van der Waals surface area contributed by atoms with Gasteiger partial charge in [-0.25, -0.2) is 0 Å². The SMILES string of the molecule is CC1=C(C(=O)N(C)c2ccc(O)cc2)CC(c2cc(CCNC(=O)Cc3ccccc3)ccc2C(=O)N2Cc3ccccc3C[C@H]2C)N1C. The Hall–Kier alpha value is -5.37. The maximum Gasteiger partial charge on any atom is 0.255 e. The number of benzene rings is 4. The first-order valence-corrected chi connectivity index (χ1v) is 16.9. The molecule has 2 aliphatic rings. The largest absolute Gasteiger partial charge is 0.508 e. The van der Waals surface area contributed by atoms with Gasteiger partial charge in [0.15, 0.2) is 0 Å². The van der Waals surface area contributed by atoms with E-state index < -0.39 is 0 Å². The number of amides is 3. The molecule has 0 spiro atoms. The highest BCUT2D eigenvalue weighted by atomic mass is 16.3. The van der Waals surface area contributed by atoms with Crippen LogP contribution in [0.4, 0.5) is 5.69 Å². The first kappa shape index (κ1) is 33.5. The van der Waals surface area contributed by atoms with Gasteiger partial charge in [-0.15, -0.1) is 0 Å². The van der Waals surface area contributed by atoms with Crippen molar-refractivity contribution in [3.05, 3.63) is 142 Å². The summed E-state index contributed by atoms with van der Waals surface area (Å²) in [6.45, 7) is 5.07. The van der Waals surface area contributed by atoms with E-state index in [-0.39, 0.29) is 35.6 Å². The lowest BCUT2D eigenvalue weighted by atomic mass is 9.90. The standard InChI is InChI=1S/C41H44N4O4/c1-27-22-31-12-8-9-13-32(31)26-45(27)41(49)35-19-14-30(20-21-42-39(47)24-29-10-6-5-7-11-29)23-37(35)38-25-36(28(2)43(38)3)40(48)44(4)33-15-17-34(46)18-16-33/h5-19,23,27,38,46H,20-22,24-26H2,1-4H3,(H,42,47)/t27-,38?/m1/s1. The smallest absolute Gasteiger partial charge is 0.255 e. The molecule has 0 saturated carbocycles. The molecular formula is C41H44N4O4. The summed E-state index contributed by atoms with van der Waals surface area (Å²) in [4.78, 5) is 46.6. The van der Waals surface area contributed by atoms with Gasteiger partial charge >= 0.3 is 0 Å². The van der Waals surface area contributed by atoms with Crippen molar-refractivity contribution in [3.63, 3.8) is 0 Å². The number of nitrogens with zero attached hydrogens (tertiary/aromatic N) is 3. The van der Waals surface area contributed by atoms with E-state index in [1.165, 1.54) is 11.1 Å². The Morgan fingerprint density at radius 3 is 2.31 bits per heavy atom. The highest BCUT2D eigenvalue weighted by molar-refractivity contribution is 6.06. The van der Waals surface area contributed by atoms with Crippen molar-refractivity contribution < 1.29 is 19.5 Å². The molecule has 3 amide bonds. The molecule has 252 valence electrons. The zero-order valence-electron chi connectivity index (χ0n) is 28.6. The van der Waals surface area contributed by atoms with Crippen molar-refractivity contribution in [1.29, 1.82) is 0 Å². The number of phenols is 1. The van der Waals surface area contributed by atoms with Crippen LogP contribution in [0.15, 0.2) is 108 Å². The zero-order valence-corrected chi connectivity index (χ0v) is 28.6. The Bertz CT molecular complexity index is 1890. The molecule has 2 aliphatic heterocycles. The molecule has 6 rings (SSSR count). The maximum absolute atomic E-state index is 14.5. The summed E-state index contributed by atoms with van der Waals surface area (Å²) in [5, 5.41) is 12.8. The third-order valence-electron chi connectivity index (χ3n) is 10.0. The molecule has 4 aromatic rings. The summed E-state index contributed by atoms with van der Waals surface area (Å²) in [5.74, 6) is -0.0374. The van der Waals surface area contributed by atoms with Crippen molar-refractivity contribution in [1.82, 2.24) is 15.1 Å². The summed E-state index contributed by atoms with van der Waals surface area (Å²) in [6.07, 6.45) is 2.17. The highest BCUT2D eigenvalue weighted by Gasteiger charge is 2.37. The van der Waals surface area contributed by atoms with Crippen LogP contribution < -0.4 is 10.2 Å². The summed E-state index contributed by atoms with van der Waals surface area (Å²) < 4.78 is 0. The lowest BCUT2D eigenvalue weighted by Gasteiger charge is -2.36. The second-order valence-corrected chi connectivity index (χ2v) is 13.2. The van der Waals surface area contributed by atoms with Crippen molar-refractivity contribution in [2.24, 2.45) is 0 Å². The normalized spacial score (nSPS) is 17.1. The number of carbonyl (C=O) groups excluding carboxylic acids is 3. The van der Waals surface area contributed by atoms with Crippen LogP contribution in [0.5, 0.6) is 5.75 Å². The lowest BCUT2D eigenvalue weighted by Crippen LogP contribution is -2.43. The summed E-state index contributed by atoms with van der Waals surface area (Å²) in [5.41, 5.74) is 8.15. The summed E-state index contributed by atoms with van der Waals surface area (Å²) in [6, 6.07) is 30.4. The topological polar surface area (TPSA) is 93.2 Å². The second-order valence-electron chi connectivity index (χ2n) is 13.2. The van der Waals surface area contributed by atoms with Crippen molar-refractivity contribution >= 4 is 23.4 Å². The lowest BCUT2D eigenvalue weighted by molar-refractivity contribution is -0.120. The molecule has 8 heteroatoms. The predicted octanol–water partition coefficient (Wildman–Crippen LogP) is 6.19. The minimum Gasteiger partial charge on any atom is -0.508 e. The Kier molecular flexibility index (Phi) is 9.85. The maximum atomic E-state index is 14.5. The number of hydrogen-bond acceptors (Lipinski definition) is 5. The number of likely N-dealkylation sites (N-methyl/N-ethyl adjacent to an activating group) is 1. The van der Waals surface area contributed by atoms with Crippen LogP contribution in [0.1, 0.15) is 64.5 Å². The number of rotatable bonds is 9. The third kappa shape index (κ3) is 7.23. The summed E-state index contributed by atoms with van der Waals surface area (Å²) >= 11 is 0. The first-order chi connectivity index (χ1) is 23.6. The molecule has 0 fully saturated rings. The quantitative estimate of drug-likeness (QED) is 0.224. The van der Waals surface area contributed by atoms with Crippen molar-refractivity contribution in [2.75, 3.05) is 25.5 Å². The van der Waals surface area contributed by atoms with Crippen LogP contribution in [0.25, 0.3) is 0 Å². The Balaban J connectivity index is 1.26. The third-order valence-corrected chi connectivity index (χ3v) is 10.0. The minimum absolute atomic E-state index is 0.0215. The molecule has 0 saturated heterocycles. The highest BCUT2D eigenvalue weighted by Crippen LogP contribution is 2.41. The molecule has 49 heavy (non-hydrogen) atoms. The van der Waals surface area contributed by atoms with Gasteiger partial charge in [-0.05, 0) is 84.8 Å². The van der Waals surface area contributed by atoms with Crippen LogP contribution in [-0.2, 0) is 35.4 Å². The monoisotopic (exact) mass is 656 g/mol. The van der Waals surface area contributed by atoms with Gasteiger partial charge in [0.1, 0.15) is 5.75 Å². The predicted molar refractivity (Wildman–Crippen MR) is 192 cm³/mol. The van der Waals surface area contributed by atoms with E-state index in [1.807, 2.05) is 73.5 Å². The van der Waals surface area contributed by atoms with Gasteiger partial charge in [0.25, 0.3) is 11.8 Å².